The first-order valence-corrected chi connectivity index (χ1v) is 5.78. The third-order valence-corrected chi connectivity index (χ3v) is 3.62. The lowest BCUT2D eigenvalue weighted by molar-refractivity contribution is 0.102. The molecule has 0 atom stereocenters. The molecule has 0 fully saturated rings. The Balaban J connectivity index is 2.50. The number of Topliss-reactive ketones (excluding diaryl/α,β-unsaturated/α-hetero) is 1. The van der Waals surface area contributed by atoms with Crippen LogP contribution < -0.4 is 0 Å². The van der Waals surface area contributed by atoms with Crippen molar-refractivity contribution in [2.75, 3.05) is 0 Å². The summed E-state index contributed by atoms with van der Waals surface area (Å²) in [5, 5.41) is 9.67. The van der Waals surface area contributed by atoms with Crippen LogP contribution in [0.3, 0.4) is 0 Å². The highest BCUT2D eigenvalue weighted by Gasteiger charge is 2.13. The Morgan fingerprint density at radius 1 is 1.47 bits per heavy atom. The van der Waals surface area contributed by atoms with E-state index in [0.29, 0.717) is 21.1 Å². The van der Waals surface area contributed by atoms with Crippen LogP contribution in [0.25, 0.3) is 10.6 Å². The molecule has 1 heterocycles. The van der Waals surface area contributed by atoms with Crippen molar-refractivity contribution in [2.24, 2.45) is 0 Å². The van der Waals surface area contributed by atoms with Crippen LogP contribution in [0.1, 0.15) is 22.3 Å². The van der Waals surface area contributed by atoms with E-state index in [1.54, 1.807) is 13.0 Å². The molecule has 0 aliphatic rings. The van der Waals surface area contributed by atoms with Gasteiger partial charge >= 0.3 is 0 Å². The molecular formula is C12H10FNO2S. The predicted octanol–water partition coefficient (Wildman–Crippen LogP) is 3.17. The quantitative estimate of drug-likeness (QED) is 0.834. The number of hydrogen-bond acceptors (Lipinski definition) is 4. The van der Waals surface area contributed by atoms with E-state index in [2.05, 4.69) is 4.98 Å². The van der Waals surface area contributed by atoms with Gasteiger partial charge in [0, 0.05) is 12.5 Å². The molecule has 0 saturated carbocycles. The standard InChI is InChI=1S/C12H10FNO2S/c1-6-11(7(2)15)17-12(14-6)8-3-4-10(16)9(13)5-8/h3-5,16H,1-2H3. The van der Waals surface area contributed by atoms with E-state index in [9.17, 15) is 9.18 Å². The molecule has 0 aliphatic carbocycles. The molecule has 88 valence electrons. The van der Waals surface area contributed by atoms with Crippen molar-refractivity contribution in [3.8, 4) is 16.3 Å². The monoisotopic (exact) mass is 251 g/mol. The Kier molecular flexibility index (Phi) is 2.93. The van der Waals surface area contributed by atoms with Gasteiger partial charge in [-0.25, -0.2) is 9.37 Å². The first-order valence-electron chi connectivity index (χ1n) is 4.96. The summed E-state index contributed by atoms with van der Waals surface area (Å²) >= 11 is 1.23. The van der Waals surface area contributed by atoms with Crippen molar-refractivity contribution in [2.45, 2.75) is 13.8 Å². The highest BCUT2D eigenvalue weighted by atomic mass is 32.1. The van der Waals surface area contributed by atoms with Gasteiger partial charge in [0.1, 0.15) is 5.01 Å². The maximum atomic E-state index is 13.2. The normalized spacial score (nSPS) is 10.5. The van der Waals surface area contributed by atoms with Gasteiger partial charge in [0.2, 0.25) is 0 Å². The van der Waals surface area contributed by atoms with Crippen molar-refractivity contribution in [3.63, 3.8) is 0 Å². The minimum Gasteiger partial charge on any atom is -0.505 e. The zero-order chi connectivity index (χ0) is 12.6. The van der Waals surface area contributed by atoms with Crippen molar-refractivity contribution in [1.29, 1.82) is 0 Å². The van der Waals surface area contributed by atoms with Gasteiger partial charge in [-0.3, -0.25) is 4.79 Å². The number of thiazole rings is 1. The summed E-state index contributed by atoms with van der Waals surface area (Å²) in [6.45, 7) is 3.22. The van der Waals surface area contributed by atoms with E-state index in [4.69, 9.17) is 5.11 Å². The number of nitrogens with zero attached hydrogens (tertiary/aromatic N) is 1. The van der Waals surface area contributed by atoms with Crippen LogP contribution in [0.2, 0.25) is 0 Å². The molecule has 0 saturated heterocycles. The first kappa shape index (κ1) is 11.7. The average Bonchev–Trinajstić information content (AvgIpc) is 2.64. The average molecular weight is 251 g/mol. The fourth-order valence-electron chi connectivity index (χ4n) is 1.49. The number of rotatable bonds is 2. The van der Waals surface area contributed by atoms with Crippen molar-refractivity contribution in [1.82, 2.24) is 4.98 Å². The molecule has 0 bridgehead atoms. The van der Waals surface area contributed by atoms with Crippen LogP contribution in [-0.4, -0.2) is 15.9 Å². The first-order chi connectivity index (χ1) is 7.99. The third kappa shape index (κ3) is 2.19. The second-order valence-corrected chi connectivity index (χ2v) is 4.66. The SMILES string of the molecule is CC(=O)c1sc(-c2ccc(O)c(F)c2)nc1C. The lowest BCUT2D eigenvalue weighted by Crippen LogP contribution is -1.89. The van der Waals surface area contributed by atoms with E-state index < -0.39 is 11.6 Å². The molecule has 1 N–H and O–H groups in total. The van der Waals surface area contributed by atoms with Gasteiger partial charge in [0.05, 0.1) is 10.6 Å². The van der Waals surface area contributed by atoms with E-state index >= 15 is 0 Å². The number of benzene rings is 1. The van der Waals surface area contributed by atoms with Gasteiger partial charge in [0.15, 0.2) is 17.3 Å². The number of carbonyl (C=O) groups excluding carboxylic acids is 1. The summed E-state index contributed by atoms with van der Waals surface area (Å²) in [5.41, 5.74) is 1.20. The number of phenols is 1. The molecule has 3 nitrogen and oxygen atoms in total. The minimum absolute atomic E-state index is 0.0505. The molecule has 0 radical (unpaired) electrons. The zero-order valence-corrected chi connectivity index (χ0v) is 10.1. The summed E-state index contributed by atoms with van der Waals surface area (Å²) < 4.78 is 13.2. The van der Waals surface area contributed by atoms with Crippen LogP contribution in [0.4, 0.5) is 4.39 Å². The largest absolute Gasteiger partial charge is 0.505 e. The fourth-order valence-corrected chi connectivity index (χ4v) is 2.44. The van der Waals surface area contributed by atoms with Gasteiger partial charge in [-0.05, 0) is 25.1 Å². The third-order valence-electron chi connectivity index (χ3n) is 2.31. The summed E-state index contributed by atoms with van der Waals surface area (Å²) in [4.78, 5) is 16.1. The van der Waals surface area contributed by atoms with Crippen LogP contribution in [0, 0.1) is 12.7 Å². The van der Waals surface area contributed by atoms with E-state index in [1.165, 1.54) is 30.4 Å². The maximum absolute atomic E-state index is 13.2. The van der Waals surface area contributed by atoms with Gasteiger partial charge in [0.25, 0.3) is 0 Å². The number of aryl methyl sites for hydroxylation is 1. The van der Waals surface area contributed by atoms with Crippen LogP contribution in [-0.2, 0) is 0 Å². The Bertz CT molecular complexity index is 592. The molecule has 0 aliphatic heterocycles. The molecule has 1 aromatic heterocycles. The number of aromatic hydroxyl groups is 1. The summed E-state index contributed by atoms with van der Waals surface area (Å²) in [6, 6.07) is 4.05. The van der Waals surface area contributed by atoms with Crippen molar-refractivity contribution >= 4 is 17.1 Å². The number of carbonyl (C=O) groups is 1. The zero-order valence-electron chi connectivity index (χ0n) is 9.32. The molecule has 17 heavy (non-hydrogen) atoms. The molecule has 5 heteroatoms. The molecule has 2 aromatic rings. The van der Waals surface area contributed by atoms with Gasteiger partial charge in [-0.2, -0.15) is 0 Å². The number of aromatic nitrogens is 1. The molecule has 0 amide bonds. The Labute approximate surface area is 102 Å². The predicted molar refractivity (Wildman–Crippen MR) is 63.9 cm³/mol. The summed E-state index contributed by atoms with van der Waals surface area (Å²) in [6.07, 6.45) is 0. The highest BCUT2D eigenvalue weighted by Crippen LogP contribution is 2.30. The van der Waals surface area contributed by atoms with E-state index in [-0.39, 0.29) is 5.78 Å². The molecule has 2 rings (SSSR count). The van der Waals surface area contributed by atoms with Crippen molar-refractivity contribution in [3.05, 3.63) is 34.6 Å². The van der Waals surface area contributed by atoms with Crippen molar-refractivity contribution < 1.29 is 14.3 Å². The Morgan fingerprint density at radius 2 is 2.18 bits per heavy atom. The van der Waals surface area contributed by atoms with E-state index in [1.807, 2.05) is 0 Å². The molecule has 1 aromatic carbocycles. The highest BCUT2D eigenvalue weighted by molar-refractivity contribution is 7.17. The van der Waals surface area contributed by atoms with Crippen LogP contribution in [0.15, 0.2) is 18.2 Å². The van der Waals surface area contributed by atoms with Gasteiger partial charge < -0.3 is 5.11 Å². The number of phenolic OH excluding ortho intramolecular Hbond substituents is 1. The second-order valence-electron chi connectivity index (χ2n) is 3.66. The molecule has 0 unspecified atom stereocenters. The molecular weight excluding hydrogens is 241 g/mol. The summed E-state index contributed by atoms with van der Waals surface area (Å²) in [7, 11) is 0. The Hall–Kier alpha value is -1.75. The molecule has 0 spiro atoms. The fraction of sp³-hybridized carbons (Fsp3) is 0.167. The minimum atomic E-state index is -0.695. The number of ketones is 1. The van der Waals surface area contributed by atoms with E-state index in [0.717, 1.165) is 0 Å². The maximum Gasteiger partial charge on any atom is 0.171 e. The lowest BCUT2D eigenvalue weighted by Gasteiger charge is -1.98. The number of hydrogen-bond donors (Lipinski definition) is 1. The van der Waals surface area contributed by atoms with Crippen LogP contribution in [0.5, 0.6) is 5.75 Å². The van der Waals surface area contributed by atoms with Gasteiger partial charge in [-0.1, -0.05) is 0 Å². The van der Waals surface area contributed by atoms with Gasteiger partial charge in [-0.15, -0.1) is 11.3 Å². The number of halogens is 1. The summed E-state index contributed by atoms with van der Waals surface area (Å²) in [5.74, 6) is -1.14. The second kappa shape index (κ2) is 4.25. The van der Waals surface area contributed by atoms with Crippen LogP contribution >= 0.6 is 11.3 Å². The topological polar surface area (TPSA) is 50.2 Å². The smallest absolute Gasteiger partial charge is 0.171 e. The lowest BCUT2D eigenvalue weighted by atomic mass is 10.2. The Morgan fingerprint density at radius 3 is 2.71 bits per heavy atom.